The fourth-order valence-electron chi connectivity index (χ4n) is 3.01. The van der Waals surface area contributed by atoms with E-state index in [0.29, 0.717) is 23.5 Å². The second-order valence-corrected chi connectivity index (χ2v) is 5.48. The fourth-order valence-corrected chi connectivity index (χ4v) is 3.01. The molecule has 0 aliphatic heterocycles. The van der Waals surface area contributed by atoms with Crippen molar-refractivity contribution in [1.29, 1.82) is 0 Å². The second kappa shape index (κ2) is 6.11. The van der Waals surface area contributed by atoms with Gasteiger partial charge in [0.15, 0.2) is 5.69 Å². The molecule has 3 atom stereocenters. The van der Waals surface area contributed by atoms with Crippen molar-refractivity contribution in [2.24, 2.45) is 11.8 Å². The van der Waals surface area contributed by atoms with E-state index in [2.05, 4.69) is 28.9 Å². The molecule has 0 saturated heterocycles. The zero-order valence-corrected chi connectivity index (χ0v) is 12.3. The van der Waals surface area contributed by atoms with Crippen LogP contribution in [0.5, 0.6) is 0 Å². The Morgan fingerprint density at radius 3 is 2.85 bits per heavy atom. The van der Waals surface area contributed by atoms with E-state index in [-0.39, 0.29) is 5.69 Å². The van der Waals surface area contributed by atoms with Crippen LogP contribution in [0.15, 0.2) is 12.1 Å². The van der Waals surface area contributed by atoms with Gasteiger partial charge in [0.05, 0.1) is 12.8 Å². The molecule has 0 aromatic carbocycles. The highest BCUT2D eigenvalue weighted by atomic mass is 16.5. The third kappa shape index (κ3) is 2.86. The average Bonchev–Trinajstić information content (AvgIpc) is 2.81. The van der Waals surface area contributed by atoms with Crippen LogP contribution in [0.3, 0.4) is 0 Å². The number of rotatable bonds is 4. The average molecular weight is 277 g/mol. The zero-order chi connectivity index (χ0) is 14.7. The lowest BCUT2D eigenvalue weighted by Crippen LogP contribution is -2.26. The lowest BCUT2D eigenvalue weighted by molar-refractivity contribution is 0.0594. The van der Waals surface area contributed by atoms with E-state index >= 15 is 0 Å². The molecule has 1 fully saturated rings. The fraction of sp³-hybridized carbons (Fsp3) is 0.600. The van der Waals surface area contributed by atoms with Gasteiger partial charge in [-0.25, -0.2) is 9.78 Å². The summed E-state index contributed by atoms with van der Waals surface area (Å²) in [5.41, 5.74) is 6.78. The van der Waals surface area contributed by atoms with E-state index in [0.717, 1.165) is 12.3 Å². The van der Waals surface area contributed by atoms with Crippen LogP contribution < -0.4 is 11.1 Å². The number of carbonyl (C=O) groups is 1. The smallest absolute Gasteiger partial charge is 0.356 e. The molecule has 1 aliphatic rings. The first-order chi connectivity index (χ1) is 9.56. The maximum Gasteiger partial charge on any atom is 0.356 e. The second-order valence-electron chi connectivity index (χ2n) is 5.48. The highest BCUT2D eigenvalue weighted by Gasteiger charge is 2.32. The molecule has 1 heterocycles. The molecule has 0 radical (unpaired) electrons. The molecule has 20 heavy (non-hydrogen) atoms. The number of nitrogens with two attached hydrogens (primary N) is 1. The number of aromatic nitrogens is 1. The summed E-state index contributed by atoms with van der Waals surface area (Å²) in [4.78, 5) is 15.8. The summed E-state index contributed by atoms with van der Waals surface area (Å²) in [5.74, 6) is 1.47. The van der Waals surface area contributed by atoms with E-state index < -0.39 is 5.97 Å². The number of esters is 1. The largest absolute Gasteiger partial charge is 0.464 e. The molecule has 5 heteroatoms. The van der Waals surface area contributed by atoms with Crippen LogP contribution in [-0.4, -0.2) is 24.1 Å². The molecule has 1 aromatic rings. The third-order valence-corrected chi connectivity index (χ3v) is 4.39. The van der Waals surface area contributed by atoms with E-state index in [4.69, 9.17) is 5.73 Å². The predicted octanol–water partition coefficient (Wildman–Crippen LogP) is 2.69. The van der Waals surface area contributed by atoms with Gasteiger partial charge in [-0.1, -0.05) is 20.3 Å². The molecule has 0 bridgehead atoms. The molecule has 1 saturated carbocycles. The van der Waals surface area contributed by atoms with Gasteiger partial charge >= 0.3 is 5.97 Å². The minimum atomic E-state index is -0.445. The molecule has 0 spiro atoms. The number of anilines is 2. The van der Waals surface area contributed by atoms with Gasteiger partial charge in [0.25, 0.3) is 0 Å². The molecule has 3 N–H and O–H groups in total. The summed E-state index contributed by atoms with van der Waals surface area (Å²) >= 11 is 0. The van der Waals surface area contributed by atoms with Crippen molar-refractivity contribution in [2.45, 2.75) is 39.2 Å². The molecule has 3 unspecified atom stereocenters. The van der Waals surface area contributed by atoms with Gasteiger partial charge in [0.2, 0.25) is 0 Å². The van der Waals surface area contributed by atoms with Gasteiger partial charge in [-0.05, 0) is 36.8 Å². The van der Waals surface area contributed by atoms with Crippen molar-refractivity contribution < 1.29 is 9.53 Å². The van der Waals surface area contributed by atoms with Crippen LogP contribution in [0.2, 0.25) is 0 Å². The van der Waals surface area contributed by atoms with Gasteiger partial charge < -0.3 is 15.8 Å². The summed E-state index contributed by atoms with van der Waals surface area (Å²) in [6, 6.07) is 3.64. The maximum atomic E-state index is 11.5. The van der Waals surface area contributed by atoms with Crippen LogP contribution in [-0.2, 0) is 4.74 Å². The summed E-state index contributed by atoms with van der Waals surface area (Å²) in [5, 5.41) is 3.40. The van der Waals surface area contributed by atoms with E-state index in [1.807, 2.05) is 0 Å². The van der Waals surface area contributed by atoms with E-state index in [1.54, 1.807) is 12.1 Å². The Labute approximate surface area is 119 Å². The first-order valence-electron chi connectivity index (χ1n) is 7.18. The zero-order valence-electron chi connectivity index (χ0n) is 12.3. The number of nitrogens with zero attached hydrogens (tertiary/aromatic N) is 1. The van der Waals surface area contributed by atoms with Gasteiger partial charge in [-0.15, -0.1) is 0 Å². The molecule has 0 amide bonds. The maximum absolute atomic E-state index is 11.5. The standard InChI is InChI=1S/C15H23N3O2/c1-4-10-5-7-12(9(10)2)17-14-11(16)6-8-13(18-14)15(19)20-3/h6,8-10,12H,4-5,7,16H2,1-3H3,(H,17,18). The SMILES string of the molecule is CCC1CCC(Nc2nc(C(=O)OC)ccc2N)C1C. The summed E-state index contributed by atoms with van der Waals surface area (Å²) < 4.78 is 4.69. The third-order valence-electron chi connectivity index (χ3n) is 4.39. The first kappa shape index (κ1) is 14.6. The highest BCUT2D eigenvalue weighted by molar-refractivity contribution is 5.88. The minimum absolute atomic E-state index is 0.280. The van der Waals surface area contributed by atoms with Crippen LogP contribution in [0.25, 0.3) is 0 Å². The molecule has 1 aliphatic carbocycles. The number of carbonyl (C=O) groups excluding carboxylic acids is 1. The predicted molar refractivity (Wildman–Crippen MR) is 79.6 cm³/mol. The summed E-state index contributed by atoms with van der Waals surface area (Å²) in [6.45, 7) is 4.49. The van der Waals surface area contributed by atoms with Gasteiger partial charge in [-0.2, -0.15) is 0 Å². The summed E-state index contributed by atoms with van der Waals surface area (Å²) in [7, 11) is 1.35. The minimum Gasteiger partial charge on any atom is -0.464 e. The van der Waals surface area contributed by atoms with Crippen LogP contribution in [0, 0.1) is 11.8 Å². The molecular weight excluding hydrogens is 254 g/mol. The molecular formula is C15H23N3O2. The first-order valence-corrected chi connectivity index (χ1v) is 7.18. The lowest BCUT2D eigenvalue weighted by Gasteiger charge is -2.22. The normalized spacial score (nSPS) is 25.4. The Balaban J connectivity index is 2.15. The summed E-state index contributed by atoms with van der Waals surface area (Å²) in [6.07, 6.45) is 3.54. The van der Waals surface area contributed by atoms with Crippen molar-refractivity contribution in [2.75, 3.05) is 18.2 Å². The Morgan fingerprint density at radius 1 is 1.50 bits per heavy atom. The van der Waals surface area contributed by atoms with Gasteiger partial charge in [0, 0.05) is 6.04 Å². The van der Waals surface area contributed by atoms with Gasteiger partial charge in [0.1, 0.15) is 5.82 Å². The number of nitrogens with one attached hydrogen (secondary N) is 1. The Hall–Kier alpha value is -1.78. The van der Waals surface area contributed by atoms with Gasteiger partial charge in [-0.3, -0.25) is 0 Å². The topological polar surface area (TPSA) is 77.2 Å². The number of pyridine rings is 1. The lowest BCUT2D eigenvalue weighted by atomic mass is 9.93. The molecule has 2 rings (SSSR count). The quantitative estimate of drug-likeness (QED) is 0.827. The molecule has 1 aromatic heterocycles. The number of hydrogen-bond donors (Lipinski definition) is 2. The highest BCUT2D eigenvalue weighted by Crippen LogP contribution is 2.36. The Kier molecular flexibility index (Phi) is 4.47. The molecule has 110 valence electrons. The van der Waals surface area contributed by atoms with Crippen molar-refractivity contribution in [1.82, 2.24) is 4.98 Å². The Bertz CT molecular complexity index is 490. The number of methoxy groups -OCH3 is 1. The van der Waals surface area contributed by atoms with Crippen molar-refractivity contribution in [3.8, 4) is 0 Å². The van der Waals surface area contributed by atoms with Crippen molar-refractivity contribution in [3.63, 3.8) is 0 Å². The van der Waals surface area contributed by atoms with E-state index in [1.165, 1.54) is 20.0 Å². The van der Waals surface area contributed by atoms with Crippen molar-refractivity contribution in [3.05, 3.63) is 17.8 Å². The number of ether oxygens (including phenoxy) is 1. The van der Waals surface area contributed by atoms with Crippen LogP contribution in [0.4, 0.5) is 11.5 Å². The van der Waals surface area contributed by atoms with Crippen molar-refractivity contribution >= 4 is 17.5 Å². The van der Waals surface area contributed by atoms with Crippen LogP contribution in [0.1, 0.15) is 43.6 Å². The number of nitrogen functional groups attached to an aromatic ring is 1. The monoisotopic (exact) mass is 277 g/mol. The Morgan fingerprint density at radius 2 is 2.25 bits per heavy atom. The van der Waals surface area contributed by atoms with Crippen LogP contribution >= 0.6 is 0 Å². The number of hydrogen-bond acceptors (Lipinski definition) is 5. The van der Waals surface area contributed by atoms with E-state index in [9.17, 15) is 4.79 Å². The molecule has 5 nitrogen and oxygen atoms in total.